The maximum absolute atomic E-state index is 14.0. The molecule has 0 radical (unpaired) electrons. The van der Waals surface area contributed by atoms with Crippen molar-refractivity contribution < 1.29 is 8.78 Å². The Balaban J connectivity index is 0.973. The number of fused-ring (bicyclic) bond motifs is 5. The van der Waals surface area contributed by atoms with Crippen LogP contribution in [0.1, 0.15) is 22.3 Å². The lowest BCUT2D eigenvalue weighted by Crippen LogP contribution is -2.37. The van der Waals surface area contributed by atoms with E-state index in [0.717, 1.165) is 50.0 Å². The van der Waals surface area contributed by atoms with Gasteiger partial charge in [0.15, 0.2) is 11.6 Å². The van der Waals surface area contributed by atoms with Crippen LogP contribution in [-0.2, 0) is 5.41 Å². The average molecular weight is 842 g/mol. The first-order valence-electron chi connectivity index (χ1n) is 21.6. The van der Waals surface area contributed by atoms with Gasteiger partial charge in [-0.15, -0.1) is 0 Å². The first-order valence-corrected chi connectivity index (χ1v) is 21.6. The predicted molar refractivity (Wildman–Crippen MR) is 257 cm³/mol. The number of para-hydroxylation sites is 3. The van der Waals surface area contributed by atoms with E-state index in [4.69, 9.17) is 15.0 Å². The van der Waals surface area contributed by atoms with Gasteiger partial charge in [0.25, 0.3) is 0 Å². The minimum absolute atomic E-state index is 0.356. The van der Waals surface area contributed by atoms with Gasteiger partial charge >= 0.3 is 0 Å². The summed E-state index contributed by atoms with van der Waals surface area (Å²) in [5.74, 6) is 0.437. The standard InChI is InChI=1S/C58H37F2N5/c59-44-30-23-39(24-31-44)55-61-56(40-25-32-45(60)33-26-40)63-57(62-55)65-51-20-10-7-17-47(51)48-37-41(29-36-52(48)65)38-27-34-46(35-28-38)64-53-21-11-8-18-49(53)58(42-13-3-1-4-14-42,43-15-5-2-6-16-43)50-19-9-12-22-54(50)64/h1-37H. The van der Waals surface area contributed by atoms with E-state index in [1.165, 1.54) is 46.5 Å². The zero-order valence-corrected chi connectivity index (χ0v) is 34.9. The molecule has 0 bridgehead atoms. The fraction of sp³-hybridized carbons (Fsp3) is 0.0172. The van der Waals surface area contributed by atoms with Crippen molar-refractivity contribution in [3.05, 3.63) is 258 Å². The van der Waals surface area contributed by atoms with E-state index in [1.807, 2.05) is 16.7 Å². The van der Waals surface area contributed by atoms with Crippen molar-refractivity contribution in [2.75, 3.05) is 4.90 Å². The highest BCUT2D eigenvalue weighted by Crippen LogP contribution is 2.57. The second-order valence-electron chi connectivity index (χ2n) is 16.3. The molecule has 0 unspecified atom stereocenters. The quantitative estimate of drug-likeness (QED) is 0.160. The van der Waals surface area contributed by atoms with Crippen molar-refractivity contribution in [2.45, 2.75) is 5.41 Å². The Hall–Kier alpha value is -8.55. The lowest BCUT2D eigenvalue weighted by Gasteiger charge is -2.46. The van der Waals surface area contributed by atoms with Crippen molar-refractivity contribution in [3.8, 4) is 39.9 Å². The summed E-state index contributed by atoms with van der Waals surface area (Å²) < 4.78 is 30.1. The maximum Gasteiger partial charge on any atom is 0.238 e. The minimum Gasteiger partial charge on any atom is -0.310 e. The molecule has 65 heavy (non-hydrogen) atoms. The van der Waals surface area contributed by atoms with E-state index < -0.39 is 5.41 Å². The Morgan fingerprint density at radius 3 is 1.40 bits per heavy atom. The fourth-order valence-corrected chi connectivity index (χ4v) is 9.78. The monoisotopic (exact) mass is 841 g/mol. The molecule has 1 aliphatic rings. The molecule has 7 heteroatoms. The number of hydrogen-bond acceptors (Lipinski definition) is 4. The van der Waals surface area contributed by atoms with E-state index in [-0.39, 0.29) is 11.6 Å². The largest absolute Gasteiger partial charge is 0.310 e. The maximum atomic E-state index is 14.0. The summed E-state index contributed by atoms with van der Waals surface area (Å²) in [4.78, 5) is 17.1. The molecule has 1 aliphatic heterocycles. The Kier molecular flexibility index (Phi) is 9.02. The zero-order valence-electron chi connectivity index (χ0n) is 34.9. The first kappa shape index (κ1) is 38.2. The smallest absolute Gasteiger partial charge is 0.238 e. The molecule has 0 amide bonds. The second-order valence-corrected chi connectivity index (χ2v) is 16.3. The van der Waals surface area contributed by atoms with Crippen LogP contribution in [-0.4, -0.2) is 19.5 Å². The van der Waals surface area contributed by atoms with Crippen molar-refractivity contribution in [3.63, 3.8) is 0 Å². The van der Waals surface area contributed by atoms with Gasteiger partial charge in [-0.3, -0.25) is 4.57 Å². The van der Waals surface area contributed by atoms with Crippen LogP contribution in [0.25, 0.3) is 61.7 Å². The Morgan fingerprint density at radius 1 is 0.369 bits per heavy atom. The lowest BCUT2D eigenvalue weighted by atomic mass is 9.62. The molecular formula is C58H37F2N5. The molecule has 3 heterocycles. The van der Waals surface area contributed by atoms with Crippen LogP contribution < -0.4 is 4.90 Å². The Morgan fingerprint density at radius 2 is 0.831 bits per heavy atom. The summed E-state index contributed by atoms with van der Waals surface area (Å²) in [6.07, 6.45) is 0. The predicted octanol–water partition coefficient (Wildman–Crippen LogP) is 14.4. The van der Waals surface area contributed by atoms with Gasteiger partial charge in [-0.2, -0.15) is 9.97 Å². The summed E-state index contributed by atoms with van der Waals surface area (Å²) in [5.41, 5.74) is 12.9. The molecule has 0 aliphatic carbocycles. The van der Waals surface area contributed by atoms with E-state index in [1.54, 1.807) is 24.3 Å². The van der Waals surface area contributed by atoms with Crippen LogP contribution in [0.3, 0.4) is 0 Å². The van der Waals surface area contributed by atoms with Crippen LogP contribution in [0.4, 0.5) is 25.8 Å². The number of rotatable bonds is 7. The summed E-state index contributed by atoms with van der Waals surface area (Å²) in [5, 5.41) is 2.07. The molecule has 0 fully saturated rings. The summed E-state index contributed by atoms with van der Waals surface area (Å²) >= 11 is 0. The number of aromatic nitrogens is 4. The van der Waals surface area contributed by atoms with Crippen LogP contribution in [0.15, 0.2) is 224 Å². The third kappa shape index (κ3) is 6.23. The zero-order chi connectivity index (χ0) is 43.5. The molecule has 0 spiro atoms. The highest BCUT2D eigenvalue weighted by molar-refractivity contribution is 6.10. The van der Waals surface area contributed by atoms with Gasteiger partial charge < -0.3 is 4.90 Å². The van der Waals surface area contributed by atoms with Gasteiger partial charge in [-0.05, 0) is 124 Å². The van der Waals surface area contributed by atoms with Gasteiger partial charge in [0.1, 0.15) is 11.6 Å². The average Bonchev–Trinajstić information content (AvgIpc) is 3.70. The molecule has 2 aromatic heterocycles. The van der Waals surface area contributed by atoms with Crippen LogP contribution >= 0.6 is 0 Å². The second kappa shape index (κ2) is 15.4. The third-order valence-corrected chi connectivity index (χ3v) is 12.7. The lowest BCUT2D eigenvalue weighted by molar-refractivity contribution is 0.627. The SMILES string of the molecule is Fc1ccc(-c2nc(-c3ccc(F)cc3)nc(-n3c4ccccc4c4cc(-c5ccc(N6c7ccccc7C(c7ccccc7)(c7ccccc7)c7ccccc76)cc5)ccc43)n2)cc1. The van der Waals surface area contributed by atoms with E-state index in [9.17, 15) is 8.78 Å². The number of hydrogen-bond donors (Lipinski definition) is 0. The molecule has 11 aromatic rings. The highest BCUT2D eigenvalue weighted by atomic mass is 19.1. The number of nitrogens with zero attached hydrogens (tertiary/aromatic N) is 5. The number of anilines is 3. The normalized spacial score (nSPS) is 12.9. The molecule has 5 nitrogen and oxygen atoms in total. The van der Waals surface area contributed by atoms with Gasteiger partial charge in [0, 0.05) is 27.6 Å². The molecule has 12 rings (SSSR count). The van der Waals surface area contributed by atoms with Crippen LogP contribution in [0.5, 0.6) is 0 Å². The molecule has 308 valence electrons. The first-order chi connectivity index (χ1) is 32.0. The molecule has 9 aromatic carbocycles. The van der Waals surface area contributed by atoms with E-state index in [0.29, 0.717) is 28.7 Å². The molecule has 0 atom stereocenters. The van der Waals surface area contributed by atoms with Crippen molar-refractivity contribution in [1.29, 1.82) is 0 Å². The third-order valence-electron chi connectivity index (χ3n) is 12.7. The number of benzene rings is 9. The van der Waals surface area contributed by atoms with Gasteiger partial charge in [0.2, 0.25) is 5.95 Å². The summed E-state index contributed by atoms with van der Waals surface area (Å²) in [7, 11) is 0. The summed E-state index contributed by atoms with van der Waals surface area (Å²) in [6.45, 7) is 0. The Labute approximate surface area is 374 Å². The fourth-order valence-electron chi connectivity index (χ4n) is 9.78. The molecule has 0 saturated carbocycles. The summed E-state index contributed by atoms with van der Waals surface area (Å²) in [6, 6.07) is 75.0. The van der Waals surface area contributed by atoms with Gasteiger partial charge in [0.05, 0.1) is 27.8 Å². The van der Waals surface area contributed by atoms with Gasteiger partial charge in [-0.25, -0.2) is 13.8 Å². The van der Waals surface area contributed by atoms with Crippen molar-refractivity contribution in [2.24, 2.45) is 0 Å². The van der Waals surface area contributed by atoms with Crippen LogP contribution in [0, 0.1) is 11.6 Å². The van der Waals surface area contributed by atoms with E-state index >= 15 is 0 Å². The minimum atomic E-state index is -0.535. The van der Waals surface area contributed by atoms with Crippen molar-refractivity contribution >= 4 is 38.9 Å². The van der Waals surface area contributed by atoms with E-state index in [2.05, 4.69) is 169 Å². The van der Waals surface area contributed by atoms with Crippen LogP contribution in [0.2, 0.25) is 0 Å². The molecular weight excluding hydrogens is 805 g/mol. The topological polar surface area (TPSA) is 46.8 Å². The molecule has 0 N–H and O–H groups in total. The number of halogens is 2. The highest BCUT2D eigenvalue weighted by Gasteiger charge is 2.46. The van der Waals surface area contributed by atoms with Gasteiger partial charge in [-0.1, -0.05) is 133 Å². The van der Waals surface area contributed by atoms with Crippen molar-refractivity contribution in [1.82, 2.24) is 19.5 Å². The molecule has 0 saturated heterocycles. The Bertz CT molecular complexity index is 3400.